The Morgan fingerprint density at radius 3 is 2.59 bits per heavy atom. The van der Waals surface area contributed by atoms with Crippen molar-refractivity contribution in [3.05, 3.63) is 52.3 Å². The number of nitrogens with two attached hydrogens (primary N) is 1. The molecule has 9 nitrogen and oxygen atoms in total. The second kappa shape index (κ2) is 9.63. The van der Waals surface area contributed by atoms with E-state index in [1.807, 2.05) is 19.1 Å². The number of ether oxygens (including phenoxy) is 2. The number of rotatable bonds is 7. The predicted molar refractivity (Wildman–Crippen MR) is 120 cm³/mol. The van der Waals surface area contributed by atoms with Gasteiger partial charge in [0.15, 0.2) is 4.80 Å². The van der Waals surface area contributed by atoms with E-state index in [9.17, 15) is 18.0 Å². The number of methoxy groups -OCH3 is 1. The van der Waals surface area contributed by atoms with Gasteiger partial charge in [-0.05, 0) is 38.1 Å². The Labute approximate surface area is 189 Å². The molecule has 11 heteroatoms. The molecule has 32 heavy (non-hydrogen) atoms. The van der Waals surface area contributed by atoms with Gasteiger partial charge in [0.2, 0.25) is 10.0 Å². The zero-order valence-electron chi connectivity index (χ0n) is 17.8. The SMILES string of the molecule is CCOC(=O)Cn1c(=NC(=O)Cc2cc(C)ccc2OC)sc2cc(S(N)(=O)=O)ccc21. The summed E-state index contributed by atoms with van der Waals surface area (Å²) >= 11 is 1.08. The van der Waals surface area contributed by atoms with Gasteiger partial charge in [0, 0.05) is 5.56 Å². The number of nitrogens with zero attached hydrogens (tertiary/aromatic N) is 2. The van der Waals surface area contributed by atoms with Crippen LogP contribution in [0.15, 0.2) is 46.3 Å². The van der Waals surface area contributed by atoms with Gasteiger partial charge in [0.25, 0.3) is 5.91 Å². The van der Waals surface area contributed by atoms with Gasteiger partial charge < -0.3 is 14.0 Å². The number of hydrogen-bond acceptors (Lipinski definition) is 7. The number of benzene rings is 2. The summed E-state index contributed by atoms with van der Waals surface area (Å²) in [5.41, 5.74) is 2.20. The molecule has 2 aromatic carbocycles. The first-order valence-corrected chi connectivity index (χ1v) is 12.0. The lowest BCUT2D eigenvalue weighted by Crippen LogP contribution is -2.23. The summed E-state index contributed by atoms with van der Waals surface area (Å²) in [6.45, 7) is 3.63. The van der Waals surface area contributed by atoms with E-state index in [1.165, 1.54) is 29.9 Å². The second-order valence-corrected chi connectivity index (χ2v) is 9.52. The maximum atomic E-state index is 12.8. The van der Waals surface area contributed by atoms with Crippen molar-refractivity contribution < 1.29 is 27.5 Å². The normalized spacial score (nSPS) is 12.2. The number of primary sulfonamides is 1. The number of carbonyl (C=O) groups excluding carboxylic acids is 2. The van der Waals surface area contributed by atoms with Gasteiger partial charge in [0.1, 0.15) is 12.3 Å². The number of hydrogen-bond donors (Lipinski definition) is 1. The topological polar surface area (TPSA) is 130 Å². The molecule has 0 spiro atoms. The zero-order chi connectivity index (χ0) is 23.5. The third-order valence-corrected chi connectivity index (χ3v) is 6.53. The Morgan fingerprint density at radius 2 is 1.94 bits per heavy atom. The van der Waals surface area contributed by atoms with Crippen LogP contribution in [0.5, 0.6) is 5.75 Å². The number of aryl methyl sites for hydroxylation is 1. The molecule has 0 fully saturated rings. The van der Waals surface area contributed by atoms with Crippen molar-refractivity contribution in [1.82, 2.24) is 4.57 Å². The van der Waals surface area contributed by atoms with Crippen LogP contribution >= 0.6 is 11.3 Å². The van der Waals surface area contributed by atoms with Gasteiger partial charge in [-0.1, -0.05) is 29.0 Å². The third kappa shape index (κ3) is 5.42. The number of carbonyl (C=O) groups is 2. The van der Waals surface area contributed by atoms with Crippen LogP contribution in [-0.2, 0) is 37.3 Å². The van der Waals surface area contributed by atoms with Gasteiger partial charge in [-0.15, -0.1) is 0 Å². The minimum atomic E-state index is -3.91. The van der Waals surface area contributed by atoms with Crippen molar-refractivity contribution in [3.63, 3.8) is 0 Å². The minimum Gasteiger partial charge on any atom is -0.496 e. The molecular formula is C21H23N3O6S2. The van der Waals surface area contributed by atoms with Gasteiger partial charge in [0.05, 0.1) is 35.2 Å². The Morgan fingerprint density at radius 1 is 1.19 bits per heavy atom. The fourth-order valence-electron chi connectivity index (χ4n) is 3.16. The smallest absolute Gasteiger partial charge is 0.326 e. The van der Waals surface area contributed by atoms with Crippen LogP contribution in [0.3, 0.4) is 0 Å². The first kappa shape index (κ1) is 23.6. The number of fused-ring (bicyclic) bond motifs is 1. The van der Waals surface area contributed by atoms with E-state index < -0.39 is 21.9 Å². The summed E-state index contributed by atoms with van der Waals surface area (Å²) in [5.74, 6) is -0.366. The number of sulfonamides is 1. The lowest BCUT2D eigenvalue weighted by atomic mass is 10.1. The lowest BCUT2D eigenvalue weighted by Gasteiger charge is -2.08. The van der Waals surface area contributed by atoms with Gasteiger partial charge >= 0.3 is 5.97 Å². The van der Waals surface area contributed by atoms with Crippen molar-refractivity contribution in [2.45, 2.75) is 31.7 Å². The van der Waals surface area contributed by atoms with Crippen LogP contribution in [0.25, 0.3) is 10.2 Å². The van der Waals surface area contributed by atoms with Gasteiger partial charge in [-0.25, -0.2) is 13.6 Å². The minimum absolute atomic E-state index is 0.000927. The van der Waals surface area contributed by atoms with Crippen LogP contribution < -0.4 is 14.7 Å². The van der Waals surface area contributed by atoms with E-state index in [4.69, 9.17) is 14.6 Å². The van der Waals surface area contributed by atoms with E-state index in [2.05, 4.69) is 4.99 Å². The van der Waals surface area contributed by atoms with Crippen LogP contribution in [-0.4, -0.2) is 38.6 Å². The summed E-state index contributed by atoms with van der Waals surface area (Å²) in [4.78, 5) is 29.3. The monoisotopic (exact) mass is 477 g/mol. The van der Waals surface area contributed by atoms with Gasteiger partial charge in [-0.3, -0.25) is 9.59 Å². The summed E-state index contributed by atoms with van der Waals surface area (Å²) in [6, 6.07) is 9.78. The average molecular weight is 478 g/mol. The average Bonchev–Trinajstić information content (AvgIpc) is 3.03. The first-order chi connectivity index (χ1) is 15.1. The molecule has 0 aliphatic rings. The maximum absolute atomic E-state index is 12.8. The van der Waals surface area contributed by atoms with Crippen LogP contribution in [0.2, 0.25) is 0 Å². The van der Waals surface area contributed by atoms with Crippen LogP contribution in [0.4, 0.5) is 0 Å². The largest absolute Gasteiger partial charge is 0.496 e. The Kier molecular flexibility index (Phi) is 7.12. The molecular weight excluding hydrogens is 454 g/mol. The lowest BCUT2D eigenvalue weighted by molar-refractivity contribution is -0.143. The van der Waals surface area contributed by atoms with E-state index >= 15 is 0 Å². The standard InChI is InChI=1S/C21H23N3O6S2/c1-4-30-20(26)12-24-16-7-6-15(32(22,27)28)11-18(16)31-21(24)23-19(25)10-14-9-13(2)5-8-17(14)29-3/h5-9,11H,4,10,12H2,1-3H3,(H2,22,27,28). The summed E-state index contributed by atoms with van der Waals surface area (Å²) in [7, 11) is -2.38. The molecule has 1 aromatic heterocycles. The highest BCUT2D eigenvalue weighted by molar-refractivity contribution is 7.89. The summed E-state index contributed by atoms with van der Waals surface area (Å²) in [5, 5.41) is 5.23. The Hall–Kier alpha value is -3.02. The maximum Gasteiger partial charge on any atom is 0.326 e. The molecule has 170 valence electrons. The van der Waals surface area contributed by atoms with Crippen molar-refractivity contribution >= 4 is 43.5 Å². The van der Waals surface area contributed by atoms with E-state index in [1.54, 1.807) is 13.0 Å². The van der Waals surface area contributed by atoms with Crippen molar-refractivity contribution in [2.75, 3.05) is 13.7 Å². The third-order valence-electron chi connectivity index (χ3n) is 4.57. The van der Waals surface area contributed by atoms with E-state index in [0.717, 1.165) is 16.9 Å². The van der Waals surface area contributed by atoms with Crippen molar-refractivity contribution in [2.24, 2.45) is 10.1 Å². The molecule has 0 radical (unpaired) electrons. The molecule has 0 aliphatic heterocycles. The molecule has 0 aliphatic carbocycles. The number of amides is 1. The predicted octanol–water partition coefficient (Wildman–Crippen LogP) is 1.90. The van der Waals surface area contributed by atoms with Crippen LogP contribution in [0, 0.1) is 6.92 Å². The second-order valence-electron chi connectivity index (χ2n) is 6.95. The molecule has 1 amide bonds. The highest BCUT2D eigenvalue weighted by atomic mass is 32.2. The molecule has 1 heterocycles. The Bertz CT molecular complexity index is 1360. The van der Waals surface area contributed by atoms with Crippen molar-refractivity contribution in [3.8, 4) is 5.75 Å². The number of aromatic nitrogens is 1. The quantitative estimate of drug-likeness (QED) is 0.517. The highest BCUT2D eigenvalue weighted by Gasteiger charge is 2.16. The number of esters is 1. The molecule has 3 aromatic rings. The van der Waals surface area contributed by atoms with E-state index in [-0.39, 0.29) is 29.3 Å². The fourth-order valence-corrected chi connectivity index (χ4v) is 4.86. The molecule has 0 bridgehead atoms. The molecule has 0 unspecified atom stereocenters. The zero-order valence-corrected chi connectivity index (χ0v) is 19.5. The molecule has 0 saturated carbocycles. The number of thiazole rings is 1. The molecule has 2 N–H and O–H groups in total. The fraction of sp³-hybridized carbons (Fsp3) is 0.286. The van der Waals surface area contributed by atoms with E-state index in [0.29, 0.717) is 21.5 Å². The molecule has 3 rings (SSSR count). The van der Waals surface area contributed by atoms with Crippen LogP contribution in [0.1, 0.15) is 18.1 Å². The molecule has 0 atom stereocenters. The van der Waals surface area contributed by atoms with Gasteiger partial charge in [-0.2, -0.15) is 4.99 Å². The summed E-state index contributed by atoms with van der Waals surface area (Å²) < 4.78 is 35.8. The van der Waals surface area contributed by atoms with Crippen molar-refractivity contribution in [1.29, 1.82) is 0 Å². The Balaban J connectivity index is 2.08. The summed E-state index contributed by atoms with van der Waals surface area (Å²) in [6.07, 6.45) is 0.000927. The first-order valence-electron chi connectivity index (χ1n) is 9.65. The molecule has 0 saturated heterocycles. The highest BCUT2D eigenvalue weighted by Crippen LogP contribution is 2.22.